The number of nitrogens with zero attached hydrogens (tertiary/aromatic N) is 1. The number of nitrogens with one attached hydrogen (secondary N) is 2. The second kappa shape index (κ2) is 9.09. The van der Waals surface area contributed by atoms with Crippen molar-refractivity contribution in [3.63, 3.8) is 0 Å². The van der Waals surface area contributed by atoms with Crippen LogP contribution in [0.4, 0.5) is 15.2 Å². The van der Waals surface area contributed by atoms with Crippen LogP contribution in [-0.4, -0.2) is 23.9 Å². The SMILES string of the molecule is COc1ccc(NC(=O)CCc2csc(NC(=O)c3ccc(F)cc3)n2)cc1. The van der Waals surface area contributed by atoms with Crippen molar-refractivity contribution in [3.8, 4) is 5.75 Å². The van der Waals surface area contributed by atoms with E-state index in [1.54, 1.807) is 36.8 Å². The van der Waals surface area contributed by atoms with Crippen LogP contribution in [-0.2, 0) is 11.2 Å². The van der Waals surface area contributed by atoms with E-state index >= 15 is 0 Å². The number of ether oxygens (including phenoxy) is 1. The molecule has 0 spiro atoms. The van der Waals surface area contributed by atoms with Crippen molar-refractivity contribution in [1.82, 2.24) is 4.98 Å². The highest BCUT2D eigenvalue weighted by molar-refractivity contribution is 7.14. The topological polar surface area (TPSA) is 80.3 Å². The molecular formula is C20H18FN3O3S. The molecule has 0 fully saturated rings. The van der Waals surface area contributed by atoms with Crippen LogP contribution >= 0.6 is 11.3 Å². The van der Waals surface area contributed by atoms with Crippen LogP contribution in [0.1, 0.15) is 22.5 Å². The van der Waals surface area contributed by atoms with Gasteiger partial charge in [0, 0.05) is 23.1 Å². The summed E-state index contributed by atoms with van der Waals surface area (Å²) in [5.41, 5.74) is 1.75. The lowest BCUT2D eigenvalue weighted by atomic mass is 10.2. The van der Waals surface area contributed by atoms with Gasteiger partial charge >= 0.3 is 0 Å². The molecule has 28 heavy (non-hydrogen) atoms. The third-order valence-electron chi connectivity index (χ3n) is 3.86. The first-order valence-electron chi connectivity index (χ1n) is 8.49. The van der Waals surface area contributed by atoms with E-state index in [1.165, 1.54) is 35.6 Å². The lowest BCUT2D eigenvalue weighted by molar-refractivity contribution is -0.116. The Balaban J connectivity index is 1.49. The number of hydrogen-bond donors (Lipinski definition) is 2. The molecule has 0 aliphatic carbocycles. The molecule has 6 nitrogen and oxygen atoms in total. The normalized spacial score (nSPS) is 10.4. The summed E-state index contributed by atoms with van der Waals surface area (Å²) >= 11 is 1.27. The van der Waals surface area contributed by atoms with Crippen molar-refractivity contribution in [1.29, 1.82) is 0 Å². The first-order chi connectivity index (χ1) is 13.5. The molecule has 2 N–H and O–H groups in total. The summed E-state index contributed by atoms with van der Waals surface area (Å²) in [7, 11) is 1.58. The van der Waals surface area contributed by atoms with Crippen molar-refractivity contribution >= 4 is 34.0 Å². The standard InChI is InChI=1S/C20H18FN3O3S/c1-27-17-9-6-15(7-10-17)22-18(25)11-8-16-12-28-20(23-16)24-19(26)13-2-4-14(21)5-3-13/h2-7,9-10,12H,8,11H2,1H3,(H,22,25)(H,23,24,26). The second-order valence-electron chi connectivity index (χ2n) is 5.88. The van der Waals surface area contributed by atoms with Crippen molar-refractivity contribution in [2.75, 3.05) is 17.7 Å². The molecular weight excluding hydrogens is 381 g/mol. The Hall–Kier alpha value is -3.26. The predicted molar refractivity (Wildman–Crippen MR) is 106 cm³/mol. The van der Waals surface area contributed by atoms with Crippen LogP contribution in [0.3, 0.4) is 0 Å². The first-order valence-corrected chi connectivity index (χ1v) is 9.36. The molecule has 0 aliphatic rings. The van der Waals surface area contributed by atoms with Gasteiger partial charge < -0.3 is 10.1 Å². The van der Waals surface area contributed by atoms with E-state index in [2.05, 4.69) is 15.6 Å². The van der Waals surface area contributed by atoms with Gasteiger partial charge in [-0.3, -0.25) is 14.9 Å². The minimum atomic E-state index is -0.402. The zero-order chi connectivity index (χ0) is 19.9. The van der Waals surface area contributed by atoms with Crippen LogP contribution < -0.4 is 15.4 Å². The summed E-state index contributed by atoms with van der Waals surface area (Å²) in [6.07, 6.45) is 0.714. The Bertz CT molecular complexity index is 956. The van der Waals surface area contributed by atoms with Gasteiger partial charge in [0.1, 0.15) is 11.6 Å². The number of hydrogen-bond acceptors (Lipinski definition) is 5. The molecule has 0 unspecified atom stereocenters. The van der Waals surface area contributed by atoms with Crippen LogP contribution in [0.25, 0.3) is 0 Å². The number of benzene rings is 2. The molecule has 2 amide bonds. The molecule has 0 bridgehead atoms. The summed E-state index contributed by atoms with van der Waals surface area (Å²) in [6.45, 7) is 0. The molecule has 3 rings (SSSR count). The predicted octanol–water partition coefficient (Wildman–Crippen LogP) is 4.11. The van der Waals surface area contributed by atoms with Crippen molar-refractivity contribution in [2.24, 2.45) is 0 Å². The van der Waals surface area contributed by atoms with E-state index in [-0.39, 0.29) is 18.2 Å². The van der Waals surface area contributed by atoms with Crippen LogP contribution in [0.5, 0.6) is 5.75 Å². The average Bonchev–Trinajstić information content (AvgIpc) is 3.15. The maximum atomic E-state index is 12.9. The van der Waals surface area contributed by atoms with E-state index in [0.717, 1.165) is 5.75 Å². The Labute approximate surface area is 165 Å². The highest BCUT2D eigenvalue weighted by Crippen LogP contribution is 2.19. The molecule has 0 radical (unpaired) electrons. The summed E-state index contributed by atoms with van der Waals surface area (Å²) in [4.78, 5) is 28.5. The summed E-state index contributed by atoms with van der Waals surface area (Å²) in [5, 5.41) is 7.70. The van der Waals surface area contributed by atoms with Gasteiger partial charge in [0.25, 0.3) is 5.91 Å². The van der Waals surface area contributed by atoms with Crippen LogP contribution in [0.2, 0.25) is 0 Å². The number of aryl methyl sites for hydroxylation is 1. The van der Waals surface area contributed by atoms with Crippen LogP contribution in [0.15, 0.2) is 53.9 Å². The molecule has 144 valence electrons. The van der Waals surface area contributed by atoms with E-state index in [4.69, 9.17) is 4.74 Å². The van der Waals surface area contributed by atoms with Gasteiger partial charge in [0.15, 0.2) is 5.13 Å². The number of aromatic nitrogens is 1. The number of amides is 2. The average molecular weight is 399 g/mol. The minimum absolute atomic E-state index is 0.130. The molecule has 8 heteroatoms. The van der Waals surface area contributed by atoms with Gasteiger partial charge in [-0.2, -0.15) is 0 Å². The molecule has 2 aromatic carbocycles. The number of methoxy groups -OCH3 is 1. The van der Waals surface area contributed by atoms with E-state index in [1.807, 2.05) is 0 Å². The maximum absolute atomic E-state index is 12.9. The van der Waals surface area contributed by atoms with Gasteiger partial charge in [-0.1, -0.05) is 0 Å². The summed E-state index contributed by atoms with van der Waals surface area (Å²) in [5.74, 6) is -0.176. The van der Waals surface area contributed by atoms with Gasteiger partial charge in [0.2, 0.25) is 5.91 Å². The number of anilines is 2. The van der Waals surface area contributed by atoms with Gasteiger partial charge in [-0.15, -0.1) is 11.3 Å². The van der Waals surface area contributed by atoms with E-state index in [0.29, 0.717) is 28.5 Å². The first kappa shape index (κ1) is 19.5. The maximum Gasteiger partial charge on any atom is 0.257 e. The third kappa shape index (κ3) is 5.37. The second-order valence-corrected chi connectivity index (χ2v) is 6.74. The lowest BCUT2D eigenvalue weighted by Crippen LogP contribution is -2.13. The molecule has 0 saturated carbocycles. The zero-order valence-corrected chi connectivity index (χ0v) is 15.9. The van der Waals surface area contributed by atoms with Crippen molar-refractivity contribution in [2.45, 2.75) is 12.8 Å². The van der Waals surface area contributed by atoms with E-state index < -0.39 is 5.82 Å². The van der Waals surface area contributed by atoms with Crippen molar-refractivity contribution in [3.05, 3.63) is 71.0 Å². The van der Waals surface area contributed by atoms with Gasteiger partial charge in [0.05, 0.1) is 12.8 Å². The summed E-state index contributed by atoms with van der Waals surface area (Å²) < 4.78 is 18.0. The highest BCUT2D eigenvalue weighted by atomic mass is 32.1. The Morgan fingerprint density at radius 1 is 1.07 bits per heavy atom. The third-order valence-corrected chi connectivity index (χ3v) is 4.67. The number of rotatable bonds is 7. The largest absolute Gasteiger partial charge is 0.497 e. The molecule has 0 aliphatic heterocycles. The Kier molecular flexibility index (Phi) is 6.33. The Morgan fingerprint density at radius 2 is 1.79 bits per heavy atom. The Morgan fingerprint density at radius 3 is 2.46 bits per heavy atom. The fourth-order valence-corrected chi connectivity index (χ4v) is 3.13. The fourth-order valence-electron chi connectivity index (χ4n) is 2.39. The molecule has 1 heterocycles. The molecule has 1 aromatic heterocycles. The summed E-state index contributed by atoms with van der Waals surface area (Å²) in [6, 6.07) is 12.3. The highest BCUT2D eigenvalue weighted by Gasteiger charge is 2.10. The molecule has 0 saturated heterocycles. The number of carbonyl (C=O) groups is 2. The molecule has 0 atom stereocenters. The monoisotopic (exact) mass is 399 g/mol. The quantitative estimate of drug-likeness (QED) is 0.626. The zero-order valence-electron chi connectivity index (χ0n) is 15.1. The number of carbonyl (C=O) groups excluding carboxylic acids is 2. The number of thiazole rings is 1. The minimum Gasteiger partial charge on any atom is -0.497 e. The smallest absolute Gasteiger partial charge is 0.257 e. The van der Waals surface area contributed by atoms with Gasteiger partial charge in [-0.25, -0.2) is 9.37 Å². The number of halogens is 1. The van der Waals surface area contributed by atoms with E-state index in [9.17, 15) is 14.0 Å². The lowest BCUT2D eigenvalue weighted by Gasteiger charge is -2.05. The fraction of sp³-hybridized carbons (Fsp3) is 0.150. The van der Waals surface area contributed by atoms with Gasteiger partial charge in [-0.05, 0) is 55.0 Å². The molecule has 3 aromatic rings. The van der Waals surface area contributed by atoms with Crippen molar-refractivity contribution < 1.29 is 18.7 Å². The van der Waals surface area contributed by atoms with Crippen LogP contribution in [0, 0.1) is 5.82 Å².